The van der Waals surface area contributed by atoms with Crippen molar-refractivity contribution in [2.75, 3.05) is 13.2 Å². The molecule has 0 saturated carbocycles. The number of benzene rings is 1. The van der Waals surface area contributed by atoms with Gasteiger partial charge in [0.25, 0.3) is 0 Å². The van der Waals surface area contributed by atoms with Gasteiger partial charge < -0.3 is 34.3 Å². The molecule has 9 heteroatoms. The molecule has 1 aromatic rings. The SMILES string of the molecule is CC(C)(C)OC(=O)N1C[C@H](O)C[C@H]1[C@H](O)[C@H]1[C@@H](O)[C@H]2CO[C@H](O2)[C@@H]1OCc1ccccc1. The molecule has 4 rings (SSSR count). The van der Waals surface area contributed by atoms with E-state index in [-0.39, 0.29) is 26.2 Å². The molecule has 1 amide bonds. The zero-order chi connectivity index (χ0) is 23.0. The highest BCUT2D eigenvalue weighted by Crippen LogP contribution is 2.39. The molecule has 9 nitrogen and oxygen atoms in total. The average molecular weight is 452 g/mol. The summed E-state index contributed by atoms with van der Waals surface area (Å²) >= 11 is 0. The molecule has 1 aromatic carbocycles. The number of nitrogens with zero attached hydrogens (tertiary/aromatic N) is 1. The van der Waals surface area contributed by atoms with Crippen LogP contribution in [-0.2, 0) is 25.6 Å². The van der Waals surface area contributed by atoms with E-state index in [2.05, 4.69) is 0 Å². The van der Waals surface area contributed by atoms with Crippen LogP contribution in [0.2, 0.25) is 0 Å². The third-order valence-electron chi connectivity index (χ3n) is 6.18. The molecule has 3 N–H and O–H groups in total. The monoisotopic (exact) mass is 451 g/mol. The van der Waals surface area contributed by atoms with E-state index in [9.17, 15) is 20.1 Å². The maximum absolute atomic E-state index is 12.8. The van der Waals surface area contributed by atoms with Crippen LogP contribution in [0.1, 0.15) is 32.8 Å². The lowest BCUT2D eigenvalue weighted by Crippen LogP contribution is -2.59. The van der Waals surface area contributed by atoms with Gasteiger partial charge >= 0.3 is 6.09 Å². The first-order valence-electron chi connectivity index (χ1n) is 11.1. The Hall–Kier alpha value is -1.75. The molecule has 0 unspecified atom stereocenters. The fourth-order valence-electron chi connectivity index (χ4n) is 4.72. The number of aliphatic hydroxyl groups excluding tert-OH is 3. The highest BCUT2D eigenvalue weighted by molar-refractivity contribution is 5.69. The van der Waals surface area contributed by atoms with Crippen LogP contribution in [0.4, 0.5) is 4.79 Å². The summed E-state index contributed by atoms with van der Waals surface area (Å²) < 4.78 is 23.0. The van der Waals surface area contributed by atoms with Crippen molar-refractivity contribution >= 4 is 6.09 Å². The Bertz CT molecular complexity index is 784. The predicted molar refractivity (Wildman–Crippen MR) is 112 cm³/mol. The van der Waals surface area contributed by atoms with Gasteiger partial charge in [-0.05, 0) is 32.8 Å². The number of hydrogen-bond donors (Lipinski definition) is 3. The highest BCUT2D eigenvalue weighted by Gasteiger charge is 2.56. The van der Waals surface area contributed by atoms with Gasteiger partial charge in [-0.1, -0.05) is 30.3 Å². The molecule has 3 aliphatic rings. The van der Waals surface area contributed by atoms with Gasteiger partial charge in [-0.3, -0.25) is 4.90 Å². The van der Waals surface area contributed by atoms with E-state index in [1.165, 1.54) is 4.90 Å². The van der Waals surface area contributed by atoms with Crippen LogP contribution in [0.3, 0.4) is 0 Å². The van der Waals surface area contributed by atoms with Crippen LogP contribution in [-0.4, -0.2) is 87.9 Å². The number of hydrogen-bond acceptors (Lipinski definition) is 8. The van der Waals surface area contributed by atoms with E-state index in [1.807, 2.05) is 30.3 Å². The minimum atomic E-state index is -1.17. The van der Waals surface area contributed by atoms with Crippen molar-refractivity contribution in [3.8, 4) is 0 Å². The molecule has 0 radical (unpaired) electrons. The van der Waals surface area contributed by atoms with Crippen molar-refractivity contribution in [2.24, 2.45) is 5.92 Å². The summed E-state index contributed by atoms with van der Waals surface area (Å²) in [7, 11) is 0. The van der Waals surface area contributed by atoms with E-state index >= 15 is 0 Å². The first-order valence-corrected chi connectivity index (χ1v) is 11.1. The van der Waals surface area contributed by atoms with Crippen molar-refractivity contribution < 1.29 is 39.1 Å². The van der Waals surface area contributed by atoms with Crippen LogP contribution in [0, 0.1) is 5.92 Å². The summed E-state index contributed by atoms with van der Waals surface area (Å²) in [5.41, 5.74) is 0.217. The molecule has 178 valence electrons. The second-order valence-electron chi connectivity index (χ2n) is 9.79. The molecule has 3 heterocycles. The van der Waals surface area contributed by atoms with Crippen molar-refractivity contribution in [2.45, 2.75) is 82.3 Å². The number of fused-ring (bicyclic) bond motifs is 2. The quantitative estimate of drug-likeness (QED) is 0.608. The topological polar surface area (TPSA) is 118 Å². The molecule has 0 aliphatic carbocycles. The summed E-state index contributed by atoms with van der Waals surface area (Å²) in [6, 6.07) is 8.81. The summed E-state index contributed by atoms with van der Waals surface area (Å²) in [6.07, 6.45) is -5.53. The molecule has 3 aliphatic heterocycles. The van der Waals surface area contributed by atoms with Crippen molar-refractivity contribution in [3.05, 3.63) is 35.9 Å². The summed E-state index contributed by atoms with van der Waals surface area (Å²) in [5, 5.41) is 32.6. The van der Waals surface area contributed by atoms with Gasteiger partial charge in [-0.2, -0.15) is 0 Å². The molecule has 3 saturated heterocycles. The van der Waals surface area contributed by atoms with Crippen LogP contribution in [0.15, 0.2) is 30.3 Å². The normalized spacial score (nSPS) is 35.7. The molecule has 0 spiro atoms. The van der Waals surface area contributed by atoms with E-state index < -0.39 is 60.5 Å². The first kappa shape index (κ1) is 23.4. The summed E-state index contributed by atoms with van der Waals surface area (Å²) in [6.45, 7) is 5.77. The average Bonchev–Trinajstić information content (AvgIpc) is 3.34. The first-order chi connectivity index (χ1) is 15.1. The van der Waals surface area contributed by atoms with Gasteiger partial charge in [0.15, 0.2) is 6.29 Å². The van der Waals surface area contributed by atoms with E-state index in [0.29, 0.717) is 0 Å². The van der Waals surface area contributed by atoms with Crippen LogP contribution < -0.4 is 0 Å². The number of rotatable bonds is 5. The number of carbonyl (C=O) groups excluding carboxylic acids is 1. The maximum atomic E-state index is 12.8. The van der Waals surface area contributed by atoms with E-state index in [0.717, 1.165) is 5.56 Å². The standard InChI is InChI=1S/C23H33NO8/c1-23(2,3)32-22(28)24-10-14(25)9-15(24)18(26)17-19(27)16-12-30-21(31-16)20(17)29-11-13-7-5-4-6-8-13/h4-8,14-21,25-27H,9-12H2,1-3H3/t14-,15+,16-,17+,18+,19+,20-,21-/m1/s1. The zero-order valence-electron chi connectivity index (χ0n) is 18.7. The molecule has 0 aromatic heterocycles. The molecule has 2 bridgehead atoms. The Balaban J connectivity index is 1.54. The van der Waals surface area contributed by atoms with E-state index in [4.69, 9.17) is 18.9 Å². The molecular weight excluding hydrogens is 418 g/mol. The number of β-amino-alcohol motifs (C(OH)–C–C–N with tert-alkyl or cyclic N) is 1. The van der Waals surface area contributed by atoms with Crippen LogP contribution in [0.25, 0.3) is 0 Å². The lowest BCUT2D eigenvalue weighted by Gasteiger charge is -2.43. The third kappa shape index (κ3) is 4.93. The maximum Gasteiger partial charge on any atom is 0.410 e. The minimum Gasteiger partial charge on any atom is -0.444 e. The van der Waals surface area contributed by atoms with Crippen molar-refractivity contribution in [1.29, 1.82) is 0 Å². The minimum absolute atomic E-state index is 0.0504. The summed E-state index contributed by atoms with van der Waals surface area (Å²) in [5.74, 6) is -0.773. The van der Waals surface area contributed by atoms with Crippen LogP contribution >= 0.6 is 0 Å². The molecular formula is C23H33NO8. The number of likely N-dealkylation sites (tertiary alicyclic amines) is 1. The van der Waals surface area contributed by atoms with E-state index in [1.54, 1.807) is 20.8 Å². The molecule has 32 heavy (non-hydrogen) atoms. The fourth-order valence-corrected chi connectivity index (χ4v) is 4.72. The lowest BCUT2D eigenvalue weighted by molar-refractivity contribution is -0.247. The Morgan fingerprint density at radius 3 is 2.66 bits per heavy atom. The van der Waals surface area contributed by atoms with Gasteiger partial charge in [0, 0.05) is 5.92 Å². The predicted octanol–water partition coefficient (Wildman–Crippen LogP) is 1.04. The Labute approximate surface area is 187 Å². The Morgan fingerprint density at radius 2 is 1.97 bits per heavy atom. The molecule has 3 fully saturated rings. The number of aliphatic hydroxyl groups is 3. The second kappa shape index (κ2) is 9.24. The number of amides is 1. The Kier molecular flexibility index (Phi) is 6.76. The van der Waals surface area contributed by atoms with Gasteiger partial charge in [0.1, 0.15) is 17.8 Å². The number of carbonyl (C=O) groups is 1. The Morgan fingerprint density at radius 1 is 1.25 bits per heavy atom. The van der Waals surface area contributed by atoms with Gasteiger partial charge in [-0.25, -0.2) is 4.79 Å². The lowest BCUT2D eigenvalue weighted by atomic mass is 9.81. The zero-order valence-corrected chi connectivity index (χ0v) is 18.7. The third-order valence-corrected chi connectivity index (χ3v) is 6.18. The van der Waals surface area contributed by atoms with Crippen LogP contribution in [0.5, 0.6) is 0 Å². The second-order valence-corrected chi connectivity index (χ2v) is 9.79. The fraction of sp³-hybridized carbons (Fsp3) is 0.696. The summed E-state index contributed by atoms with van der Waals surface area (Å²) in [4.78, 5) is 14.1. The van der Waals surface area contributed by atoms with Gasteiger partial charge in [0.05, 0.1) is 44.1 Å². The number of ether oxygens (including phenoxy) is 4. The van der Waals surface area contributed by atoms with Crippen molar-refractivity contribution in [1.82, 2.24) is 4.90 Å². The molecule has 8 atom stereocenters. The highest BCUT2D eigenvalue weighted by atomic mass is 16.7. The van der Waals surface area contributed by atoms with Gasteiger partial charge in [0.2, 0.25) is 0 Å². The van der Waals surface area contributed by atoms with Gasteiger partial charge in [-0.15, -0.1) is 0 Å². The van der Waals surface area contributed by atoms with Crippen molar-refractivity contribution in [3.63, 3.8) is 0 Å². The smallest absolute Gasteiger partial charge is 0.410 e. The largest absolute Gasteiger partial charge is 0.444 e.